The summed E-state index contributed by atoms with van der Waals surface area (Å²) in [6, 6.07) is 2.68. The van der Waals surface area contributed by atoms with Crippen molar-refractivity contribution in [2.24, 2.45) is 0 Å². The van der Waals surface area contributed by atoms with Crippen LogP contribution in [0.25, 0.3) is 0 Å². The number of fused-ring (bicyclic) bond motifs is 1. The quantitative estimate of drug-likeness (QED) is 0.763. The van der Waals surface area contributed by atoms with Gasteiger partial charge in [-0.05, 0) is 68.5 Å². The van der Waals surface area contributed by atoms with Crippen LogP contribution < -0.4 is 0 Å². The molecule has 28 heavy (non-hydrogen) atoms. The molecule has 0 aromatic carbocycles. The van der Waals surface area contributed by atoms with Crippen molar-refractivity contribution in [2.45, 2.75) is 71.0 Å². The van der Waals surface area contributed by atoms with E-state index in [-0.39, 0.29) is 5.91 Å². The van der Waals surface area contributed by atoms with E-state index in [0.29, 0.717) is 6.04 Å². The van der Waals surface area contributed by atoms with Gasteiger partial charge < -0.3 is 4.90 Å². The van der Waals surface area contributed by atoms with Crippen molar-refractivity contribution in [1.82, 2.24) is 19.6 Å². The van der Waals surface area contributed by atoms with Crippen molar-refractivity contribution in [3.63, 3.8) is 0 Å². The maximum Gasteiger partial charge on any atom is 0.274 e. The molecule has 0 bridgehead atoms. The fourth-order valence-corrected chi connectivity index (χ4v) is 5.36. The summed E-state index contributed by atoms with van der Waals surface area (Å²) in [7, 11) is 2.22. The molecular weight excluding hydrogens is 368 g/mol. The molecule has 0 saturated carbocycles. The Hall–Kier alpha value is -1.66. The third kappa shape index (κ3) is 4.03. The van der Waals surface area contributed by atoms with Crippen molar-refractivity contribution >= 4 is 17.2 Å². The Bertz CT molecular complexity index is 790. The highest BCUT2D eigenvalue weighted by Crippen LogP contribution is 2.29. The SMILES string of the molecule is CCn1nc(C(=O)N2CCCCCC2)c2c1CCC(N(C)Cc1ccsc1)C2. The summed E-state index contributed by atoms with van der Waals surface area (Å²) in [5, 5.41) is 9.17. The zero-order valence-corrected chi connectivity index (χ0v) is 18.0. The minimum Gasteiger partial charge on any atom is -0.337 e. The molecule has 2 aromatic rings. The van der Waals surface area contributed by atoms with E-state index in [0.717, 1.165) is 64.0 Å². The molecule has 1 amide bonds. The summed E-state index contributed by atoms with van der Waals surface area (Å²) in [6.07, 6.45) is 7.80. The Morgan fingerprint density at radius 1 is 1.29 bits per heavy atom. The number of aromatic nitrogens is 2. The minimum atomic E-state index is 0.159. The van der Waals surface area contributed by atoms with E-state index in [1.165, 1.54) is 29.7 Å². The predicted octanol–water partition coefficient (Wildman–Crippen LogP) is 3.97. The molecule has 1 aliphatic heterocycles. The first-order chi connectivity index (χ1) is 13.7. The monoisotopic (exact) mass is 400 g/mol. The molecule has 3 heterocycles. The van der Waals surface area contributed by atoms with E-state index in [1.54, 1.807) is 11.3 Å². The highest BCUT2D eigenvalue weighted by Gasteiger charge is 2.32. The van der Waals surface area contributed by atoms with Crippen LogP contribution in [0, 0.1) is 0 Å². The van der Waals surface area contributed by atoms with Gasteiger partial charge in [-0.25, -0.2) is 0 Å². The number of likely N-dealkylation sites (N-methyl/N-ethyl adjacent to an activating group) is 1. The average Bonchev–Trinajstić information content (AvgIpc) is 3.26. The maximum atomic E-state index is 13.3. The molecular formula is C22H32N4OS. The smallest absolute Gasteiger partial charge is 0.274 e. The summed E-state index contributed by atoms with van der Waals surface area (Å²) in [4.78, 5) is 17.8. The van der Waals surface area contributed by atoms with Crippen LogP contribution in [-0.4, -0.2) is 51.7 Å². The van der Waals surface area contributed by atoms with Gasteiger partial charge in [-0.1, -0.05) is 12.8 Å². The lowest BCUT2D eigenvalue weighted by atomic mass is 9.90. The van der Waals surface area contributed by atoms with E-state index in [9.17, 15) is 4.79 Å². The summed E-state index contributed by atoms with van der Waals surface area (Å²) >= 11 is 1.76. The van der Waals surface area contributed by atoms with Gasteiger partial charge in [0, 0.05) is 43.5 Å². The highest BCUT2D eigenvalue weighted by atomic mass is 32.1. The van der Waals surface area contributed by atoms with Crippen LogP contribution in [0.1, 0.15) is 66.3 Å². The topological polar surface area (TPSA) is 41.4 Å². The molecule has 2 aromatic heterocycles. The number of nitrogens with zero attached hydrogens (tertiary/aromatic N) is 4. The molecule has 5 nitrogen and oxygen atoms in total. The first kappa shape index (κ1) is 19.6. The summed E-state index contributed by atoms with van der Waals surface area (Å²) in [5.41, 5.74) is 4.61. The Kier molecular flexibility index (Phi) is 6.16. The minimum absolute atomic E-state index is 0.159. The van der Waals surface area contributed by atoms with Crippen molar-refractivity contribution < 1.29 is 4.79 Å². The van der Waals surface area contributed by atoms with Gasteiger partial charge in [0.2, 0.25) is 0 Å². The lowest BCUT2D eigenvalue weighted by Gasteiger charge is -2.31. The third-order valence-electron chi connectivity index (χ3n) is 6.35. The van der Waals surface area contributed by atoms with E-state index in [1.807, 2.05) is 4.90 Å². The number of hydrogen-bond acceptors (Lipinski definition) is 4. The van der Waals surface area contributed by atoms with Gasteiger partial charge in [0.15, 0.2) is 5.69 Å². The molecule has 0 radical (unpaired) electrons. The lowest BCUT2D eigenvalue weighted by molar-refractivity contribution is 0.0753. The molecule has 6 heteroatoms. The molecule has 1 aliphatic carbocycles. The second kappa shape index (κ2) is 8.78. The molecule has 152 valence electrons. The van der Waals surface area contributed by atoms with Crippen LogP contribution in [0.3, 0.4) is 0 Å². The largest absolute Gasteiger partial charge is 0.337 e. The van der Waals surface area contributed by atoms with Gasteiger partial charge in [0.1, 0.15) is 0 Å². The number of thiophene rings is 1. The third-order valence-corrected chi connectivity index (χ3v) is 7.08. The zero-order valence-electron chi connectivity index (χ0n) is 17.2. The predicted molar refractivity (Wildman–Crippen MR) is 114 cm³/mol. The van der Waals surface area contributed by atoms with Gasteiger partial charge >= 0.3 is 0 Å². The standard InChI is InChI=1S/C22H32N4OS/c1-3-26-20-9-8-18(24(2)15-17-10-13-28-16-17)14-19(20)21(23-26)22(27)25-11-6-4-5-7-12-25/h10,13,16,18H,3-9,11-12,14-15H2,1-2H3. The second-order valence-corrected chi connectivity index (χ2v) is 9.02. The van der Waals surface area contributed by atoms with Crippen molar-refractivity contribution in [3.05, 3.63) is 39.3 Å². The number of rotatable bonds is 5. The number of amides is 1. The number of aryl methyl sites for hydroxylation is 1. The van der Waals surface area contributed by atoms with Gasteiger partial charge in [-0.15, -0.1) is 0 Å². The van der Waals surface area contributed by atoms with Crippen LogP contribution in [-0.2, 0) is 25.9 Å². The summed E-state index contributed by atoms with van der Waals surface area (Å²) in [6.45, 7) is 5.70. The highest BCUT2D eigenvalue weighted by molar-refractivity contribution is 7.07. The van der Waals surface area contributed by atoms with E-state index in [2.05, 4.69) is 40.4 Å². The Balaban J connectivity index is 1.55. The molecule has 1 atom stereocenters. The number of carbonyl (C=O) groups is 1. The van der Waals surface area contributed by atoms with Crippen molar-refractivity contribution in [2.75, 3.05) is 20.1 Å². The lowest BCUT2D eigenvalue weighted by Crippen LogP contribution is -2.37. The fraction of sp³-hybridized carbons (Fsp3) is 0.636. The van der Waals surface area contributed by atoms with Crippen molar-refractivity contribution in [3.8, 4) is 0 Å². The Labute approximate surface area is 172 Å². The van der Waals surface area contributed by atoms with Crippen molar-refractivity contribution in [1.29, 1.82) is 0 Å². The normalized spacial score (nSPS) is 20.2. The number of hydrogen-bond donors (Lipinski definition) is 0. The van der Waals surface area contributed by atoms with Crippen LogP contribution in [0.15, 0.2) is 16.8 Å². The number of likely N-dealkylation sites (tertiary alicyclic amines) is 1. The summed E-state index contributed by atoms with van der Waals surface area (Å²) < 4.78 is 2.08. The van der Waals surface area contributed by atoms with Crippen LogP contribution in [0.2, 0.25) is 0 Å². The van der Waals surface area contributed by atoms with Crippen LogP contribution in [0.4, 0.5) is 0 Å². The molecule has 1 fully saturated rings. The van der Waals surface area contributed by atoms with E-state index in [4.69, 9.17) is 5.10 Å². The first-order valence-electron chi connectivity index (χ1n) is 10.8. The fourth-order valence-electron chi connectivity index (χ4n) is 4.70. The molecule has 1 saturated heterocycles. The Morgan fingerprint density at radius 3 is 2.75 bits per heavy atom. The van der Waals surface area contributed by atoms with Gasteiger partial charge in [-0.3, -0.25) is 14.4 Å². The number of carbonyl (C=O) groups excluding carboxylic acids is 1. The van der Waals surface area contributed by atoms with Gasteiger partial charge in [-0.2, -0.15) is 16.4 Å². The average molecular weight is 401 g/mol. The molecule has 4 rings (SSSR count). The van der Waals surface area contributed by atoms with Gasteiger partial charge in [0.05, 0.1) is 0 Å². The van der Waals surface area contributed by atoms with Gasteiger partial charge in [0.25, 0.3) is 5.91 Å². The first-order valence-corrected chi connectivity index (χ1v) is 11.7. The Morgan fingerprint density at radius 2 is 2.07 bits per heavy atom. The van der Waals surface area contributed by atoms with E-state index >= 15 is 0 Å². The maximum absolute atomic E-state index is 13.3. The van der Waals surface area contributed by atoms with Crippen LogP contribution in [0.5, 0.6) is 0 Å². The molecule has 0 spiro atoms. The molecule has 2 aliphatic rings. The van der Waals surface area contributed by atoms with Crippen LogP contribution >= 0.6 is 11.3 Å². The molecule has 1 unspecified atom stereocenters. The van der Waals surface area contributed by atoms with E-state index < -0.39 is 0 Å². The summed E-state index contributed by atoms with van der Waals surface area (Å²) in [5.74, 6) is 0.159. The second-order valence-electron chi connectivity index (χ2n) is 8.24. The molecule has 0 N–H and O–H groups in total. The zero-order chi connectivity index (χ0) is 19.5.